The van der Waals surface area contributed by atoms with Crippen LogP contribution in [0, 0.1) is 5.82 Å². The van der Waals surface area contributed by atoms with Crippen LogP contribution >= 0.6 is 0 Å². The number of rotatable bonds is 7. The molecule has 0 amide bonds. The van der Waals surface area contributed by atoms with E-state index in [1.807, 2.05) is 18.2 Å². The Kier molecular flexibility index (Phi) is 6.79. The zero-order valence-corrected chi connectivity index (χ0v) is 17.2. The maximum Gasteiger partial charge on any atom is 0.337 e. The Morgan fingerprint density at radius 1 is 0.900 bits per heavy atom. The number of sulfone groups is 1. The van der Waals surface area contributed by atoms with Crippen LogP contribution in [-0.4, -0.2) is 21.5 Å². The molecule has 0 saturated heterocycles. The van der Waals surface area contributed by atoms with Crippen LogP contribution < -0.4 is 0 Å². The van der Waals surface area contributed by atoms with Gasteiger partial charge in [0.15, 0.2) is 0 Å². The third-order valence-electron chi connectivity index (χ3n) is 4.61. The minimum atomic E-state index is -3.81. The highest BCUT2D eigenvalue weighted by Gasteiger charge is 2.22. The summed E-state index contributed by atoms with van der Waals surface area (Å²) >= 11 is 0. The van der Waals surface area contributed by atoms with Crippen LogP contribution in [0.2, 0.25) is 0 Å². The minimum Gasteiger partial charge on any atom is -0.465 e. The Labute approximate surface area is 175 Å². The van der Waals surface area contributed by atoms with Crippen LogP contribution in [-0.2, 0) is 21.0 Å². The normalized spacial score (nSPS) is 11.9. The molecule has 3 rings (SSSR count). The molecule has 0 spiro atoms. The predicted molar refractivity (Wildman–Crippen MR) is 114 cm³/mol. The van der Waals surface area contributed by atoms with Gasteiger partial charge in [0, 0.05) is 0 Å². The van der Waals surface area contributed by atoms with Gasteiger partial charge < -0.3 is 4.74 Å². The van der Waals surface area contributed by atoms with Gasteiger partial charge in [-0.1, -0.05) is 48.5 Å². The van der Waals surface area contributed by atoms with Gasteiger partial charge >= 0.3 is 5.97 Å². The topological polar surface area (TPSA) is 60.4 Å². The first-order valence-electron chi connectivity index (χ1n) is 9.35. The second-order valence-electron chi connectivity index (χ2n) is 6.62. The first kappa shape index (κ1) is 21.5. The van der Waals surface area contributed by atoms with Gasteiger partial charge in [0.1, 0.15) is 5.82 Å². The second-order valence-corrected chi connectivity index (χ2v) is 8.54. The van der Waals surface area contributed by atoms with Crippen LogP contribution in [0.1, 0.15) is 27.9 Å². The number of halogens is 1. The molecule has 3 aromatic rings. The smallest absolute Gasteiger partial charge is 0.337 e. The van der Waals surface area contributed by atoms with Gasteiger partial charge in [0.2, 0.25) is 9.84 Å². The third kappa shape index (κ3) is 5.02. The number of benzene rings is 3. The van der Waals surface area contributed by atoms with E-state index in [0.29, 0.717) is 24.0 Å². The monoisotopic (exact) mass is 424 g/mol. The molecule has 154 valence electrons. The fourth-order valence-electron chi connectivity index (χ4n) is 3.02. The predicted octanol–water partition coefficient (Wildman–Crippen LogP) is 5.06. The van der Waals surface area contributed by atoms with Crippen molar-refractivity contribution in [3.8, 4) is 0 Å². The number of carbonyl (C=O) groups is 1. The summed E-state index contributed by atoms with van der Waals surface area (Å²) in [5, 5.41) is 0. The number of hydrogen-bond acceptors (Lipinski definition) is 4. The molecule has 0 saturated carbocycles. The summed E-state index contributed by atoms with van der Waals surface area (Å²) in [6.45, 7) is 0. The van der Waals surface area contributed by atoms with E-state index in [0.717, 1.165) is 17.7 Å². The third-order valence-corrected chi connectivity index (χ3v) is 6.48. The van der Waals surface area contributed by atoms with Crippen molar-refractivity contribution in [1.82, 2.24) is 0 Å². The van der Waals surface area contributed by atoms with E-state index >= 15 is 0 Å². The van der Waals surface area contributed by atoms with Crippen molar-refractivity contribution in [1.29, 1.82) is 0 Å². The first-order valence-corrected chi connectivity index (χ1v) is 10.8. The van der Waals surface area contributed by atoms with Crippen molar-refractivity contribution in [2.75, 3.05) is 7.11 Å². The standard InChI is InChI=1S/C24H21FO4S/c1-29-24(26)20-12-10-18(11-13-20)6-5-9-23(19-7-3-2-4-8-19)30(27,28)22-16-14-21(25)15-17-22/h2-4,7-17H,5-6H2,1H3. The van der Waals surface area contributed by atoms with Gasteiger partial charge in [-0.25, -0.2) is 17.6 Å². The Morgan fingerprint density at radius 3 is 2.13 bits per heavy atom. The summed E-state index contributed by atoms with van der Waals surface area (Å²) in [5.41, 5.74) is 1.99. The molecular weight excluding hydrogens is 403 g/mol. The Bertz CT molecular complexity index is 1130. The zero-order chi connectivity index (χ0) is 21.6. The van der Waals surface area contributed by atoms with Gasteiger partial charge in [-0.2, -0.15) is 0 Å². The largest absolute Gasteiger partial charge is 0.465 e. The second kappa shape index (κ2) is 9.50. The Balaban J connectivity index is 1.87. The highest BCUT2D eigenvalue weighted by atomic mass is 32.2. The van der Waals surface area contributed by atoms with Crippen LogP contribution in [0.3, 0.4) is 0 Å². The molecule has 0 atom stereocenters. The molecule has 6 heteroatoms. The van der Waals surface area contributed by atoms with E-state index in [1.54, 1.807) is 42.5 Å². The molecule has 0 radical (unpaired) electrons. The minimum absolute atomic E-state index is 0.0430. The molecule has 4 nitrogen and oxygen atoms in total. The molecule has 0 fully saturated rings. The van der Waals surface area contributed by atoms with Crippen molar-refractivity contribution in [2.24, 2.45) is 0 Å². The van der Waals surface area contributed by atoms with Crippen LogP contribution in [0.4, 0.5) is 4.39 Å². The zero-order valence-electron chi connectivity index (χ0n) is 16.4. The molecule has 0 aliphatic heterocycles. The fourth-order valence-corrected chi connectivity index (χ4v) is 4.55. The average molecular weight is 424 g/mol. The molecule has 30 heavy (non-hydrogen) atoms. The molecule has 0 N–H and O–H groups in total. The van der Waals surface area contributed by atoms with Crippen molar-refractivity contribution in [3.05, 3.63) is 107 Å². The molecule has 0 aromatic heterocycles. The highest BCUT2D eigenvalue weighted by Crippen LogP contribution is 2.29. The lowest BCUT2D eigenvalue weighted by molar-refractivity contribution is 0.0600. The van der Waals surface area contributed by atoms with E-state index < -0.39 is 21.6 Å². The van der Waals surface area contributed by atoms with E-state index in [4.69, 9.17) is 0 Å². The highest BCUT2D eigenvalue weighted by molar-refractivity contribution is 8.00. The first-order chi connectivity index (χ1) is 14.4. The summed E-state index contributed by atoms with van der Waals surface area (Å²) in [4.78, 5) is 11.8. The van der Waals surface area contributed by atoms with Crippen molar-refractivity contribution in [3.63, 3.8) is 0 Å². The molecule has 0 aliphatic carbocycles. The number of aryl methyl sites for hydroxylation is 1. The number of carbonyl (C=O) groups excluding carboxylic acids is 1. The molecule has 0 bridgehead atoms. The lowest BCUT2D eigenvalue weighted by atomic mass is 10.1. The van der Waals surface area contributed by atoms with E-state index in [1.165, 1.54) is 19.2 Å². The summed E-state index contributed by atoms with van der Waals surface area (Å²) in [6.07, 6.45) is 2.75. The maximum absolute atomic E-state index is 13.3. The molecule has 0 heterocycles. The average Bonchev–Trinajstić information content (AvgIpc) is 2.77. The fraction of sp³-hybridized carbons (Fsp3) is 0.125. The van der Waals surface area contributed by atoms with E-state index in [-0.39, 0.29) is 9.80 Å². The van der Waals surface area contributed by atoms with Crippen molar-refractivity contribution in [2.45, 2.75) is 17.7 Å². The van der Waals surface area contributed by atoms with Gasteiger partial charge in [-0.3, -0.25) is 0 Å². The lowest BCUT2D eigenvalue weighted by Crippen LogP contribution is -2.05. The summed E-state index contributed by atoms with van der Waals surface area (Å²) in [6, 6.07) is 20.6. The SMILES string of the molecule is COC(=O)c1ccc(CCC=C(c2ccccc2)S(=O)(=O)c2ccc(F)cc2)cc1. The van der Waals surface area contributed by atoms with Gasteiger partial charge in [-0.05, 0) is 60.4 Å². The quantitative estimate of drug-likeness (QED) is 0.393. The number of ether oxygens (including phenoxy) is 1. The van der Waals surface area contributed by atoms with Crippen molar-refractivity contribution < 1.29 is 22.3 Å². The number of methoxy groups -OCH3 is 1. The number of allylic oxidation sites excluding steroid dienone is 1. The summed E-state index contributed by atoms with van der Waals surface area (Å²) < 4.78 is 44.3. The van der Waals surface area contributed by atoms with E-state index in [2.05, 4.69) is 4.74 Å². The number of esters is 1. The van der Waals surface area contributed by atoms with Crippen LogP contribution in [0.25, 0.3) is 4.91 Å². The van der Waals surface area contributed by atoms with Gasteiger partial charge in [0.05, 0.1) is 22.5 Å². The molecular formula is C24H21FO4S. The molecule has 3 aromatic carbocycles. The Hall–Kier alpha value is -3.25. The molecule has 0 aliphatic rings. The van der Waals surface area contributed by atoms with Gasteiger partial charge in [0.25, 0.3) is 0 Å². The van der Waals surface area contributed by atoms with E-state index in [9.17, 15) is 17.6 Å². The summed E-state index contributed by atoms with van der Waals surface area (Å²) in [7, 11) is -2.49. The van der Waals surface area contributed by atoms with Gasteiger partial charge in [-0.15, -0.1) is 0 Å². The number of hydrogen-bond donors (Lipinski definition) is 0. The van der Waals surface area contributed by atoms with Crippen LogP contribution in [0.5, 0.6) is 0 Å². The van der Waals surface area contributed by atoms with Crippen molar-refractivity contribution >= 4 is 20.7 Å². The van der Waals surface area contributed by atoms with Crippen LogP contribution in [0.15, 0.2) is 89.8 Å². The Morgan fingerprint density at radius 2 is 1.53 bits per heavy atom. The summed E-state index contributed by atoms with van der Waals surface area (Å²) in [5.74, 6) is -0.896. The lowest BCUT2D eigenvalue weighted by Gasteiger charge is -2.10. The maximum atomic E-state index is 13.3. The molecule has 0 unspecified atom stereocenters.